The molecule has 0 bridgehead atoms. The Morgan fingerprint density at radius 3 is 2.41 bits per heavy atom. The Labute approximate surface area is 156 Å². The lowest BCUT2D eigenvalue weighted by molar-refractivity contribution is -0.137. The van der Waals surface area contributed by atoms with E-state index in [-0.39, 0.29) is 12.3 Å². The largest absolute Gasteiger partial charge is 0.493 e. The average molecular weight is 372 g/mol. The molecule has 0 spiro atoms. The summed E-state index contributed by atoms with van der Waals surface area (Å²) in [6, 6.07) is 9.51. The number of esters is 1. The smallest absolute Gasteiger partial charge is 0.334 e. The maximum atomic E-state index is 12.4. The molecular formula is C19H20N2O6. The molecule has 2 N–H and O–H groups in total. The van der Waals surface area contributed by atoms with E-state index in [9.17, 15) is 9.59 Å². The summed E-state index contributed by atoms with van der Waals surface area (Å²) in [4.78, 5) is 24.5. The lowest BCUT2D eigenvalue weighted by atomic mass is 10.1. The maximum absolute atomic E-state index is 12.4. The summed E-state index contributed by atoms with van der Waals surface area (Å²) >= 11 is 0. The second-order valence-electron chi connectivity index (χ2n) is 5.78. The molecule has 0 fully saturated rings. The van der Waals surface area contributed by atoms with Gasteiger partial charge in [0.25, 0.3) is 0 Å². The third kappa shape index (κ3) is 3.89. The van der Waals surface area contributed by atoms with Gasteiger partial charge in [0.2, 0.25) is 11.7 Å². The summed E-state index contributed by atoms with van der Waals surface area (Å²) in [6.45, 7) is 0. The lowest BCUT2D eigenvalue weighted by Crippen LogP contribution is -2.39. The van der Waals surface area contributed by atoms with Crippen LogP contribution in [0.4, 0.5) is 11.4 Å². The SMILES string of the molecule is COc1cc(NC(=O)CC2Nc3ccccc3OC2=O)cc(OC)c1OC. The zero-order valence-corrected chi connectivity index (χ0v) is 15.2. The number of carbonyl (C=O) groups is 2. The molecule has 142 valence electrons. The fourth-order valence-electron chi connectivity index (χ4n) is 2.79. The van der Waals surface area contributed by atoms with Gasteiger partial charge in [0.05, 0.1) is 33.4 Å². The van der Waals surface area contributed by atoms with Crippen LogP contribution in [0.25, 0.3) is 0 Å². The van der Waals surface area contributed by atoms with Gasteiger partial charge in [-0.2, -0.15) is 0 Å². The first-order valence-corrected chi connectivity index (χ1v) is 8.22. The molecule has 27 heavy (non-hydrogen) atoms. The number of anilines is 2. The standard InChI is InChI=1S/C19H20N2O6/c1-24-15-8-11(9-16(25-2)18(15)26-3)20-17(22)10-13-19(23)27-14-7-5-4-6-12(14)21-13/h4-9,13,21H,10H2,1-3H3,(H,20,22). The highest BCUT2D eigenvalue weighted by molar-refractivity contribution is 5.97. The van der Waals surface area contributed by atoms with Gasteiger partial charge in [-0.15, -0.1) is 0 Å². The van der Waals surface area contributed by atoms with Gasteiger partial charge in [0.15, 0.2) is 17.2 Å². The molecule has 3 rings (SSSR count). The minimum atomic E-state index is -0.776. The van der Waals surface area contributed by atoms with E-state index in [4.69, 9.17) is 18.9 Å². The molecule has 1 aliphatic heterocycles. The normalized spacial score (nSPS) is 15.1. The molecular weight excluding hydrogens is 352 g/mol. The number of rotatable bonds is 6. The van der Waals surface area contributed by atoms with Crippen molar-refractivity contribution in [2.45, 2.75) is 12.5 Å². The Morgan fingerprint density at radius 1 is 1.11 bits per heavy atom. The number of carbonyl (C=O) groups excluding carboxylic acids is 2. The van der Waals surface area contributed by atoms with Crippen molar-refractivity contribution in [2.24, 2.45) is 0 Å². The average Bonchev–Trinajstić information content (AvgIpc) is 2.67. The zero-order valence-electron chi connectivity index (χ0n) is 15.2. The maximum Gasteiger partial charge on any atom is 0.334 e. The molecule has 8 nitrogen and oxygen atoms in total. The summed E-state index contributed by atoms with van der Waals surface area (Å²) in [5.74, 6) is 0.829. The van der Waals surface area contributed by atoms with Crippen LogP contribution >= 0.6 is 0 Å². The van der Waals surface area contributed by atoms with Gasteiger partial charge in [0, 0.05) is 17.8 Å². The number of nitrogens with one attached hydrogen (secondary N) is 2. The van der Waals surface area contributed by atoms with Crippen molar-refractivity contribution in [3.05, 3.63) is 36.4 Å². The Bertz CT molecular complexity index is 842. The fraction of sp³-hybridized carbons (Fsp3) is 0.263. The van der Waals surface area contributed by atoms with Gasteiger partial charge in [-0.3, -0.25) is 4.79 Å². The third-order valence-electron chi connectivity index (χ3n) is 4.05. The minimum absolute atomic E-state index is 0.0934. The van der Waals surface area contributed by atoms with E-state index >= 15 is 0 Å². The van der Waals surface area contributed by atoms with E-state index < -0.39 is 12.0 Å². The summed E-state index contributed by atoms with van der Waals surface area (Å²) in [6.07, 6.45) is -0.0934. The van der Waals surface area contributed by atoms with Crippen LogP contribution in [0.3, 0.4) is 0 Å². The van der Waals surface area contributed by atoms with Gasteiger partial charge in [0.1, 0.15) is 6.04 Å². The number of methoxy groups -OCH3 is 3. The molecule has 0 radical (unpaired) electrons. The second kappa shape index (κ2) is 7.86. The predicted molar refractivity (Wildman–Crippen MR) is 98.8 cm³/mol. The van der Waals surface area contributed by atoms with E-state index in [2.05, 4.69) is 10.6 Å². The van der Waals surface area contributed by atoms with Crippen molar-refractivity contribution in [1.29, 1.82) is 0 Å². The summed E-state index contributed by atoms with van der Waals surface area (Å²) in [5, 5.41) is 5.75. The van der Waals surface area contributed by atoms with Crippen LogP contribution in [0.5, 0.6) is 23.0 Å². The molecule has 1 unspecified atom stereocenters. The van der Waals surface area contributed by atoms with E-state index in [1.54, 1.807) is 30.3 Å². The molecule has 2 aromatic rings. The van der Waals surface area contributed by atoms with Gasteiger partial charge < -0.3 is 29.6 Å². The van der Waals surface area contributed by atoms with Gasteiger partial charge in [-0.1, -0.05) is 12.1 Å². The minimum Gasteiger partial charge on any atom is -0.493 e. The second-order valence-corrected chi connectivity index (χ2v) is 5.78. The molecule has 1 atom stereocenters. The van der Waals surface area contributed by atoms with Crippen LogP contribution in [-0.4, -0.2) is 39.2 Å². The van der Waals surface area contributed by atoms with E-state index in [0.29, 0.717) is 34.4 Å². The molecule has 0 aromatic heterocycles. The Balaban J connectivity index is 1.72. The molecule has 1 heterocycles. The highest BCUT2D eigenvalue weighted by Gasteiger charge is 2.29. The summed E-state index contributed by atoms with van der Waals surface area (Å²) < 4.78 is 21.0. The van der Waals surface area contributed by atoms with E-state index in [1.807, 2.05) is 6.07 Å². The first-order valence-electron chi connectivity index (χ1n) is 8.22. The number of benzene rings is 2. The number of para-hydroxylation sites is 2. The number of hydrogen-bond acceptors (Lipinski definition) is 7. The summed E-state index contributed by atoms with van der Waals surface area (Å²) in [7, 11) is 4.47. The highest BCUT2D eigenvalue weighted by atomic mass is 16.5. The van der Waals surface area contributed by atoms with Crippen molar-refractivity contribution >= 4 is 23.3 Å². The molecule has 1 aliphatic rings. The van der Waals surface area contributed by atoms with Crippen molar-refractivity contribution < 1.29 is 28.5 Å². The molecule has 1 amide bonds. The molecule has 0 saturated carbocycles. The first-order chi connectivity index (χ1) is 13.0. The van der Waals surface area contributed by atoms with Crippen LogP contribution in [0.15, 0.2) is 36.4 Å². The highest BCUT2D eigenvalue weighted by Crippen LogP contribution is 2.40. The Hall–Kier alpha value is -3.42. The molecule has 8 heteroatoms. The van der Waals surface area contributed by atoms with Crippen LogP contribution < -0.4 is 29.6 Å². The predicted octanol–water partition coefficient (Wildman–Crippen LogP) is 2.44. The topological polar surface area (TPSA) is 95.1 Å². The number of ether oxygens (including phenoxy) is 4. The molecule has 2 aromatic carbocycles. The lowest BCUT2D eigenvalue weighted by Gasteiger charge is -2.25. The van der Waals surface area contributed by atoms with Crippen LogP contribution in [0.1, 0.15) is 6.42 Å². The van der Waals surface area contributed by atoms with Crippen LogP contribution in [0, 0.1) is 0 Å². The quantitative estimate of drug-likeness (QED) is 0.594. The van der Waals surface area contributed by atoms with Gasteiger partial charge in [-0.25, -0.2) is 4.79 Å². The molecule has 0 aliphatic carbocycles. The first kappa shape index (κ1) is 18.4. The fourth-order valence-corrected chi connectivity index (χ4v) is 2.79. The Kier molecular flexibility index (Phi) is 5.35. The zero-order chi connectivity index (χ0) is 19.4. The van der Waals surface area contributed by atoms with Gasteiger partial charge in [-0.05, 0) is 12.1 Å². The Morgan fingerprint density at radius 2 is 1.78 bits per heavy atom. The van der Waals surface area contributed by atoms with E-state index in [0.717, 1.165) is 0 Å². The summed E-state index contributed by atoms with van der Waals surface area (Å²) in [5.41, 5.74) is 1.13. The number of hydrogen-bond donors (Lipinski definition) is 2. The number of fused-ring (bicyclic) bond motifs is 1. The van der Waals surface area contributed by atoms with Crippen LogP contribution in [0.2, 0.25) is 0 Å². The van der Waals surface area contributed by atoms with Crippen molar-refractivity contribution in [3.63, 3.8) is 0 Å². The van der Waals surface area contributed by atoms with Crippen molar-refractivity contribution in [2.75, 3.05) is 32.0 Å². The van der Waals surface area contributed by atoms with Crippen LogP contribution in [-0.2, 0) is 9.59 Å². The van der Waals surface area contributed by atoms with Gasteiger partial charge >= 0.3 is 5.97 Å². The third-order valence-corrected chi connectivity index (χ3v) is 4.05. The molecule has 0 saturated heterocycles. The number of amides is 1. The van der Waals surface area contributed by atoms with Crippen molar-refractivity contribution in [3.8, 4) is 23.0 Å². The van der Waals surface area contributed by atoms with E-state index in [1.165, 1.54) is 21.3 Å². The van der Waals surface area contributed by atoms with Crippen molar-refractivity contribution in [1.82, 2.24) is 0 Å². The monoisotopic (exact) mass is 372 g/mol.